The molecule has 0 radical (unpaired) electrons. The van der Waals surface area contributed by atoms with Gasteiger partial charge in [-0.2, -0.15) is 0 Å². The molecule has 0 bridgehead atoms. The lowest BCUT2D eigenvalue weighted by Crippen LogP contribution is -2.43. The summed E-state index contributed by atoms with van der Waals surface area (Å²) in [4.78, 5) is 0. The molecular weight excluding hydrogens is 234 g/mol. The zero-order valence-corrected chi connectivity index (χ0v) is 13.8. The molecule has 0 amide bonds. The third-order valence-electron chi connectivity index (χ3n) is 4.13. The molecule has 0 aliphatic carbocycles. The third-order valence-corrected chi connectivity index (χ3v) is 4.13. The van der Waals surface area contributed by atoms with Gasteiger partial charge in [-0.25, -0.2) is 0 Å². The van der Waals surface area contributed by atoms with E-state index in [9.17, 15) is 5.21 Å². The van der Waals surface area contributed by atoms with Crippen LogP contribution >= 0.6 is 0 Å². The Bertz CT molecular complexity index is 184. The fourth-order valence-electron chi connectivity index (χ4n) is 2.72. The monoisotopic (exact) mass is 271 g/mol. The number of rotatable bonds is 14. The first-order valence-electron chi connectivity index (χ1n) is 8.75. The van der Waals surface area contributed by atoms with Gasteiger partial charge < -0.3 is 9.85 Å². The molecular formula is C17H37NO. The maximum absolute atomic E-state index is 12.2. The van der Waals surface area contributed by atoms with E-state index in [1.807, 2.05) is 6.92 Å². The van der Waals surface area contributed by atoms with Crippen molar-refractivity contribution >= 4 is 0 Å². The Morgan fingerprint density at radius 3 is 1.47 bits per heavy atom. The summed E-state index contributed by atoms with van der Waals surface area (Å²) in [5, 5.41) is 12.2. The molecule has 0 N–H and O–H groups in total. The Kier molecular flexibility index (Phi) is 12.9. The summed E-state index contributed by atoms with van der Waals surface area (Å²) in [5.74, 6) is 0. The van der Waals surface area contributed by atoms with Gasteiger partial charge in [0.05, 0.1) is 19.6 Å². The number of quaternary nitrogens is 1. The minimum atomic E-state index is 0.0352. The Labute approximate surface area is 121 Å². The first kappa shape index (κ1) is 18.9. The zero-order chi connectivity index (χ0) is 14.4. The number of hydrogen-bond donors (Lipinski definition) is 0. The second kappa shape index (κ2) is 12.9. The van der Waals surface area contributed by atoms with E-state index in [1.165, 1.54) is 57.8 Å². The highest BCUT2D eigenvalue weighted by Crippen LogP contribution is 2.13. The molecule has 0 heterocycles. The van der Waals surface area contributed by atoms with Crippen molar-refractivity contribution < 1.29 is 4.65 Å². The average molecular weight is 271 g/mol. The van der Waals surface area contributed by atoms with Crippen LogP contribution in [0.2, 0.25) is 0 Å². The summed E-state index contributed by atoms with van der Waals surface area (Å²) >= 11 is 0. The summed E-state index contributed by atoms with van der Waals surface area (Å²) < 4.78 is 0.0352. The van der Waals surface area contributed by atoms with E-state index in [0.29, 0.717) is 0 Å². The minimum absolute atomic E-state index is 0.0352. The fraction of sp³-hybridized carbons (Fsp3) is 1.00. The summed E-state index contributed by atoms with van der Waals surface area (Å²) in [7, 11) is 0. The number of nitrogens with zero attached hydrogens (tertiary/aromatic N) is 1. The van der Waals surface area contributed by atoms with Gasteiger partial charge in [0.15, 0.2) is 0 Å². The lowest BCUT2D eigenvalue weighted by molar-refractivity contribution is -0.879. The largest absolute Gasteiger partial charge is 0.633 e. The van der Waals surface area contributed by atoms with Crippen molar-refractivity contribution in [3.05, 3.63) is 5.21 Å². The van der Waals surface area contributed by atoms with Gasteiger partial charge in [0.25, 0.3) is 0 Å². The molecule has 19 heavy (non-hydrogen) atoms. The van der Waals surface area contributed by atoms with Crippen LogP contribution in [0.5, 0.6) is 0 Å². The second-order valence-electron chi connectivity index (χ2n) is 6.00. The summed E-state index contributed by atoms with van der Waals surface area (Å²) in [5.41, 5.74) is 0. The molecule has 0 saturated carbocycles. The molecule has 0 aromatic heterocycles. The van der Waals surface area contributed by atoms with Crippen LogP contribution in [-0.2, 0) is 0 Å². The molecule has 2 nitrogen and oxygen atoms in total. The standard InChI is InChI=1S/C17H37NO/c1-4-7-8-9-10-11-12-13-14-15-17-18(19,6-3)16-5-2/h4-17H2,1-3H3. The van der Waals surface area contributed by atoms with Crippen molar-refractivity contribution in [1.82, 2.24) is 0 Å². The Morgan fingerprint density at radius 2 is 1.05 bits per heavy atom. The average Bonchev–Trinajstić information content (AvgIpc) is 2.41. The van der Waals surface area contributed by atoms with Crippen LogP contribution in [0.3, 0.4) is 0 Å². The number of unbranched alkanes of at least 4 members (excludes halogenated alkanes) is 9. The van der Waals surface area contributed by atoms with Crippen molar-refractivity contribution in [3.63, 3.8) is 0 Å². The van der Waals surface area contributed by atoms with E-state index in [-0.39, 0.29) is 4.65 Å². The maximum Gasteiger partial charge on any atom is 0.0783 e. The van der Waals surface area contributed by atoms with Crippen molar-refractivity contribution in [2.75, 3.05) is 19.6 Å². The van der Waals surface area contributed by atoms with Gasteiger partial charge in [0, 0.05) is 0 Å². The van der Waals surface area contributed by atoms with E-state index in [2.05, 4.69) is 13.8 Å². The molecule has 0 aromatic rings. The van der Waals surface area contributed by atoms with Crippen LogP contribution in [0.4, 0.5) is 0 Å². The van der Waals surface area contributed by atoms with Gasteiger partial charge in [-0.1, -0.05) is 65.2 Å². The molecule has 0 spiro atoms. The van der Waals surface area contributed by atoms with E-state index < -0.39 is 0 Å². The molecule has 0 aliphatic heterocycles. The molecule has 0 rings (SSSR count). The Hall–Kier alpha value is -0.0800. The first-order valence-corrected chi connectivity index (χ1v) is 8.75. The number of hydroxylamine groups is 3. The van der Waals surface area contributed by atoms with Crippen molar-refractivity contribution in [2.45, 2.75) is 91.4 Å². The summed E-state index contributed by atoms with van der Waals surface area (Å²) in [6, 6.07) is 0. The van der Waals surface area contributed by atoms with Gasteiger partial charge in [-0.3, -0.25) is 0 Å². The van der Waals surface area contributed by atoms with Gasteiger partial charge in [0.1, 0.15) is 0 Å². The van der Waals surface area contributed by atoms with Gasteiger partial charge in [-0.15, -0.1) is 0 Å². The minimum Gasteiger partial charge on any atom is -0.633 e. The smallest absolute Gasteiger partial charge is 0.0783 e. The van der Waals surface area contributed by atoms with E-state index in [1.54, 1.807) is 0 Å². The summed E-state index contributed by atoms with van der Waals surface area (Å²) in [6.45, 7) is 8.78. The predicted molar refractivity (Wildman–Crippen MR) is 86.0 cm³/mol. The van der Waals surface area contributed by atoms with Crippen LogP contribution in [0.1, 0.15) is 91.4 Å². The Balaban J connectivity index is 3.30. The van der Waals surface area contributed by atoms with Crippen molar-refractivity contribution in [1.29, 1.82) is 0 Å². The highest BCUT2D eigenvalue weighted by molar-refractivity contribution is 4.49. The lowest BCUT2D eigenvalue weighted by Gasteiger charge is -2.42. The van der Waals surface area contributed by atoms with E-state index in [4.69, 9.17) is 0 Å². The molecule has 1 atom stereocenters. The Morgan fingerprint density at radius 1 is 0.579 bits per heavy atom. The highest BCUT2D eigenvalue weighted by Gasteiger charge is 2.11. The van der Waals surface area contributed by atoms with Crippen molar-refractivity contribution in [3.8, 4) is 0 Å². The molecule has 1 unspecified atom stereocenters. The normalized spacial score (nSPS) is 14.5. The molecule has 2 heteroatoms. The quantitative estimate of drug-likeness (QED) is 0.227. The number of hydrogen-bond acceptors (Lipinski definition) is 1. The van der Waals surface area contributed by atoms with Crippen LogP contribution in [-0.4, -0.2) is 24.3 Å². The fourth-order valence-corrected chi connectivity index (χ4v) is 2.72. The van der Waals surface area contributed by atoms with Gasteiger partial charge >= 0.3 is 0 Å². The van der Waals surface area contributed by atoms with Gasteiger partial charge in [0.2, 0.25) is 0 Å². The van der Waals surface area contributed by atoms with Crippen LogP contribution in [0.25, 0.3) is 0 Å². The topological polar surface area (TPSA) is 23.1 Å². The molecule has 0 aromatic carbocycles. The molecule has 116 valence electrons. The van der Waals surface area contributed by atoms with Crippen LogP contribution in [0, 0.1) is 5.21 Å². The van der Waals surface area contributed by atoms with E-state index in [0.717, 1.165) is 32.5 Å². The van der Waals surface area contributed by atoms with Crippen LogP contribution < -0.4 is 0 Å². The SMILES string of the molecule is CCCCCCCCCCCC[N+]([O-])(CC)CCC. The second-order valence-corrected chi connectivity index (χ2v) is 6.00. The summed E-state index contributed by atoms with van der Waals surface area (Å²) in [6.07, 6.45) is 14.4. The molecule has 0 aliphatic rings. The van der Waals surface area contributed by atoms with E-state index >= 15 is 0 Å². The van der Waals surface area contributed by atoms with Crippen molar-refractivity contribution in [2.24, 2.45) is 0 Å². The first-order chi connectivity index (χ1) is 9.18. The third kappa shape index (κ3) is 11.4. The molecule has 0 saturated heterocycles. The zero-order valence-electron chi connectivity index (χ0n) is 13.8. The maximum atomic E-state index is 12.2. The molecule has 0 fully saturated rings. The highest BCUT2D eigenvalue weighted by atomic mass is 16.5. The van der Waals surface area contributed by atoms with Crippen LogP contribution in [0.15, 0.2) is 0 Å². The van der Waals surface area contributed by atoms with Gasteiger partial charge in [-0.05, 0) is 26.2 Å². The predicted octanol–water partition coefficient (Wildman–Crippen LogP) is 5.65. The lowest BCUT2D eigenvalue weighted by atomic mass is 10.1.